The highest BCUT2D eigenvalue weighted by Crippen LogP contribution is 2.62. The Kier molecular flexibility index (Phi) is 10.4. The first-order chi connectivity index (χ1) is 27.9. The molecule has 22 heteroatoms. The van der Waals surface area contributed by atoms with E-state index in [1.807, 2.05) is 0 Å². The van der Waals surface area contributed by atoms with E-state index in [1.54, 1.807) is 0 Å². The number of allylic oxidation sites excluding steroid dienone is 6. The lowest BCUT2D eigenvalue weighted by atomic mass is 9.80. The summed E-state index contributed by atoms with van der Waals surface area (Å²) in [4.78, 5) is 0. The van der Waals surface area contributed by atoms with Crippen LogP contribution in [0.3, 0.4) is 0 Å². The van der Waals surface area contributed by atoms with Crippen molar-refractivity contribution >= 4 is 33.4 Å². The van der Waals surface area contributed by atoms with Crippen LogP contribution in [0, 0.1) is 90.6 Å². The summed E-state index contributed by atoms with van der Waals surface area (Å²) < 4.78 is 187. The number of hydrogen-bond donors (Lipinski definition) is 0. The van der Waals surface area contributed by atoms with E-state index in [0.717, 1.165) is 24.3 Å². The summed E-state index contributed by atoms with van der Waals surface area (Å²) in [6, 6.07) is 14.1. The van der Waals surface area contributed by atoms with E-state index in [2.05, 4.69) is 9.47 Å². The van der Waals surface area contributed by atoms with Gasteiger partial charge in [0.2, 0.25) is 0 Å². The zero-order chi connectivity index (χ0) is 44.9. The van der Waals surface area contributed by atoms with Gasteiger partial charge >= 0.3 is 25.1 Å². The fraction of sp³-hybridized carbons (Fsp3) is 0.105. The van der Waals surface area contributed by atoms with Crippen LogP contribution in [0.25, 0.3) is 33.4 Å². The lowest BCUT2D eigenvalue weighted by molar-refractivity contribution is -0.303. The SMILES string of the molecule is N#CC1=C(OC(F)(F)F)/C(=C(\C#N)c2cc(C#N)cc(C#N)c2)c2c1c(C(F)(F)F)c1c(c2C(F)(F)F)C(C#N)=C(OC(F)(F)F)/C1=C(\C#N)c1cc(C#N)cc(C#N)c1. The number of benzene rings is 3. The Bertz CT molecular complexity index is 2700. The molecule has 294 valence electrons. The van der Waals surface area contributed by atoms with E-state index >= 15 is 26.3 Å². The van der Waals surface area contributed by atoms with Crippen LogP contribution in [0.5, 0.6) is 0 Å². The molecule has 10 nitrogen and oxygen atoms in total. The van der Waals surface area contributed by atoms with Gasteiger partial charge in [-0.25, -0.2) is 0 Å². The molecule has 0 spiro atoms. The summed E-state index contributed by atoms with van der Waals surface area (Å²) in [6.07, 6.45) is -24.8. The van der Waals surface area contributed by atoms with Crippen LogP contribution in [0.1, 0.15) is 66.8 Å². The molecular formula is C38H6F12N8O2. The molecule has 0 aliphatic heterocycles. The highest BCUT2D eigenvalue weighted by atomic mass is 19.4. The molecule has 0 atom stereocenters. The second-order valence-corrected chi connectivity index (χ2v) is 11.7. The highest BCUT2D eigenvalue weighted by molar-refractivity contribution is 6.20. The van der Waals surface area contributed by atoms with Crippen molar-refractivity contribution in [1.82, 2.24) is 0 Å². The number of halogens is 12. The first kappa shape index (κ1) is 42.4. The zero-order valence-corrected chi connectivity index (χ0v) is 28.4. The molecule has 0 fully saturated rings. The van der Waals surface area contributed by atoms with E-state index in [-0.39, 0.29) is 0 Å². The molecule has 3 aromatic rings. The maximum atomic E-state index is 15.7. The summed E-state index contributed by atoms with van der Waals surface area (Å²) in [5, 5.41) is 78.8. The number of alkyl halides is 12. The lowest BCUT2D eigenvalue weighted by Crippen LogP contribution is -2.20. The smallest absolute Gasteiger partial charge is 0.404 e. The third-order valence-electron chi connectivity index (χ3n) is 8.32. The first-order valence-electron chi connectivity index (χ1n) is 15.3. The van der Waals surface area contributed by atoms with Gasteiger partial charge in [-0.15, -0.1) is 26.3 Å². The molecule has 3 aromatic carbocycles. The second-order valence-electron chi connectivity index (χ2n) is 11.7. The van der Waals surface area contributed by atoms with Crippen molar-refractivity contribution in [3.05, 3.63) is 115 Å². The molecule has 0 radical (unpaired) electrons. The number of hydrogen-bond acceptors (Lipinski definition) is 10. The van der Waals surface area contributed by atoms with E-state index in [1.165, 1.54) is 36.4 Å². The molecule has 0 heterocycles. The average Bonchev–Trinajstić information content (AvgIpc) is 3.61. The quantitative estimate of drug-likeness (QED) is 0.179. The fourth-order valence-electron chi connectivity index (χ4n) is 6.48. The van der Waals surface area contributed by atoms with Crippen molar-refractivity contribution < 1.29 is 62.2 Å². The first-order valence-corrected chi connectivity index (χ1v) is 15.3. The van der Waals surface area contributed by atoms with Gasteiger partial charge in [0.1, 0.15) is 35.4 Å². The van der Waals surface area contributed by atoms with E-state index < -0.39 is 137 Å². The minimum Gasteiger partial charge on any atom is -0.404 e. The minimum atomic E-state index is -6.28. The molecule has 0 unspecified atom stereocenters. The number of ether oxygens (including phenoxy) is 2. The monoisotopic (exact) mass is 834 g/mol. The van der Waals surface area contributed by atoms with Gasteiger partial charge in [0.05, 0.1) is 68.8 Å². The fourth-order valence-corrected chi connectivity index (χ4v) is 6.48. The summed E-state index contributed by atoms with van der Waals surface area (Å²) in [5.41, 5.74) is -29.2. The predicted octanol–water partition coefficient (Wildman–Crippen LogP) is 9.65. The van der Waals surface area contributed by atoms with Crippen molar-refractivity contribution in [3.63, 3.8) is 0 Å². The molecule has 2 aliphatic carbocycles. The van der Waals surface area contributed by atoms with Crippen LogP contribution in [0.15, 0.2) is 47.9 Å². The molecule has 0 saturated heterocycles. The van der Waals surface area contributed by atoms with Gasteiger partial charge < -0.3 is 9.47 Å². The van der Waals surface area contributed by atoms with E-state index in [4.69, 9.17) is 0 Å². The Morgan fingerprint density at radius 1 is 0.400 bits per heavy atom. The predicted molar refractivity (Wildman–Crippen MR) is 172 cm³/mol. The summed E-state index contributed by atoms with van der Waals surface area (Å²) >= 11 is 0. The molecule has 5 rings (SSSR count). The number of rotatable bonds is 4. The van der Waals surface area contributed by atoms with Gasteiger partial charge in [0, 0.05) is 33.4 Å². The molecule has 0 aromatic heterocycles. The summed E-state index contributed by atoms with van der Waals surface area (Å²) in [7, 11) is 0. The molecule has 0 bridgehead atoms. The van der Waals surface area contributed by atoms with Crippen molar-refractivity contribution in [1.29, 1.82) is 42.1 Å². The molecule has 0 amide bonds. The number of fused-ring (bicyclic) bond motifs is 2. The Balaban J connectivity index is 2.27. The molecule has 2 aliphatic rings. The van der Waals surface area contributed by atoms with Crippen molar-refractivity contribution in [2.75, 3.05) is 0 Å². The maximum absolute atomic E-state index is 15.7. The molecule has 0 N–H and O–H groups in total. The van der Waals surface area contributed by atoms with Crippen molar-refractivity contribution in [2.45, 2.75) is 25.1 Å². The van der Waals surface area contributed by atoms with Crippen LogP contribution in [-0.4, -0.2) is 12.7 Å². The van der Waals surface area contributed by atoms with Gasteiger partial charge in [0.25, 0.3) is 0 Å². The van der Waals surface area contributed by atoms with Crippen LogP contribution in [0.2, 0.25) is 0 Å². The van der Waals surface area contributed by atoms with Gasteiger partial charge in [0.15, 0.2) is 11.5 Å². The van der Waals surface area contributed by atoms with Crippen LogP contribution < -0.4 is 0 Å². The molecular weight excluding hydrogens is 828 g/mol. The van der Waals surface area contributed by atoms with Gasteiger partial charge in [-0.1, -0.05) is 0 Å². The van der Waals surface area contributed by atoms with Crippen LogP contribution in [0.4, 0.5) is 52.7 Å². The Morgan fingerprint density at radius 3 is 0.883 bits per heavy atom. The Morgan fingerprint density at radius 2 is 0.683 bits per heavy atom. The lowest BCUT2D eigenvalue weighted by Gasteiger charge is -2.25. The topological polar surface area (TPSA) is 209 Å². The van der Waals surface area contributed by atoms with Gasteiger partial charge in [-0.05, 0) is 47.5 Å². The largest absolute Gasteiger partial charge is 0.573 e. The third-order valence-corrected chi connectivity index (χ3v) is 8.32. The standard InChI is InChI=1S/C38H6F12N8O2/c39-35(40,41)31-26-24(14-58)34(60-38(48,49)50)28(22(12-56)20-5-17(9-53)2-18(6-20)10-54)30(26)32(36(42,43)44)25-23(13-57)33(59-37(45,46)47)27(29(25)31)21(11-55)19-3-15(7-51)1-16(4-19)8-52/h1-6H/b27-21+,28-22+. The van der Waals surface area contributed by atoms with Crippen molar-refractivity contribution in [2.24, 2.45) is 0 Å². The summed E-state index contributed by atoms with van der Waals surface area (Å²) in [5.74, 6) is -4.39. The number of nitrogens with zero attached hydrogens (tertiary/aromatic N) is 8. The van der Waals surface area contributed by atoms with Crippen molar-refractivity contribution in [3.8, 4) is 48.6 Å². The normalized spacial score (nSPS) is 15.1. The van der Waals surface area contributed by atoms with E-state index in [9.17, 15) is 68.4 Å². The highest BCUT2D eigenvalue weighted by Gasteiger charge is 2.56. The Hall–Kier alpha value is -8.70. The van der Waals surface area contributed by atoms with Gasteiger partial charge in [-0.2, -0.15) is 68.4 Å². The maximum Gasteiger partial charge on any atom is 0.573 e. The second kappa shape index (κ2) is 14.7. The van der Waals surface area contributed by atoms with Crippen LogP contribution >= 0.6 is 0 Å². The molecule has 60 heavy (non-hydrogen) atoms. The van der Waals surface area contributed by atoms with E-state index in [0.29, 0.717) is 24.3 Å². The van der Waals surface area contributed by atoms with Crippen LogP contribution in [-0.2, 0) is 21.8 Å². The average molecular weight is 834 g/mol. The minimum absolute atomic E-state index is 0.582. The summed E-state index contributed by atoms with van der Waals surface area (Å²) in [6.45, 7) is 0. The Labute approximate surface area is 325 Å². The molecule has 0 saturated carbocycles. The van der Waals surface area contributed by atoms with Gasteiger partial charge in [-0.3, -0.25) is 0 Å². The third kappa shape index (κ3) is 7.33. The zero-order valence-electron chi connectivity index (χ0n) is 28.4. The number of nitriles is 8.